The molecule has 0 atom stereocenters. The van der Waals surface area contributed by atoms with Crippen molar-refractivity contribution in [3.8, 4) is 0 Å². The number of H-pyrrole nitrogens is 1. The van der Waals surface area contributed by atoms with Crippen LogP contribution in [0.15, 0.2) is 37.6 Å². The number of anilines is 2. The van der Waals surface area contributed by atoms with Crippen LogP contribution in [0.4, 0.5) is 11.5 Å². The summed E-state index contributed by atoms with van der Waals surface area (Å²) in [6.07, 6.45) is 2.51. The van der Waals surface area contributed by atoms with Gasteiger partial charge in [0.05, 0.1) is 4.90 Å². The molecule has 0 aliphatic heterocycles. The van der Waals surface area contributed by atoms with Gasteiger partial charge in [0.1, 0.15) is 12.4 Å². The molecule has 0 aromatic carbocycles. The van der Waals surface area contributed by atoms with E-state index < -0.39 is 39.3 Å². The van der Waals surface area contributed by atoms with Crippen LogP contribution in [0.25, 0.3) is 0 Å². The molecule has 0 bridgehead atoms. The average molecular weight is 483 g/mol. The number of rotatable bonds is 10. The predicted octanol–water partition coefficient (Wildman–Crippen LogP) is -0.226. The van der Waals surface area contributed by atoms with Crippen molar-refractivity contribution < 1.29 is 13.2 Å². The number of nitrogens with one attached hydrogen (secondary N) is 1. The van der Waals surface area contributed by atoms with Crippen molar-refractivity contribution in [3.63, 3.8) is 0 Å². The summed E-state index contributed by atoms with van der Waals surface area (Å²) in [5.41, 5.74) is 3.69. The van der Waals surface area contributed by atoms with Gasteiger partial charge in [0.2, 0.25) is 15.9 Å². The highest BCUT2D eigenvalue weighted by Crippen LogP contribution is 2.17. The molecule has 13 heteroatoms. The summed E-state index contributed by atoms with van der Waals surface area (Å²) in [5.74, 6) is -0.870. The van der Waals surface area contributed by atoms with Gasteiger partial charge in [-0.1, -0.05) is 27.2 Å². The minimum absolute atomic E-state index is 0.133. The number of unbranched alkanes of at least 4 members (excludes halogenated alkanes) is 1. The Morgan fingerprint density at radius 2 is 1.76 bits per heavy atom. The standard InChI is InChI=1S/C20H30N6O6S/c1-5-8-11-26-18(21)17(19(29)22-20(26)30)23(4)16(28)13-24-12-14(9-10-15(24)27)33(31,32)25(6-2)7-3/h9-10,12H,5-8,11,13,21H2,1-4H3,(H,22,29,30). The first-order valence-electron chi connectivity index (χ1n) is 10.6. The second-order valence-electron chi connectivity index (χ2n) is 7.37. The molecule has 2 aromatic rings. The first-order chi connectivity index (χ1) is 15.5. The Kier molecular flexibility index (Phi) is 8.39. The molecule has 2 heterocycles. The number of aromatic amines is 1. The van der Waals surface area contributed by atoms with Crippen LogP contribution in [0, 0.1) is 0 Å². The molecular weight excluding hydrogens is 452 g/mol. The van der Waals surface area contributed by atoms with Crippen molar-refractivity contribution in [1.29, 1.82) is 0 Å². The maximum absolute atomic E-state index is 12.9. The number of carbonyl (C=O) groups is 1. The number of amides is 1. The lowest BCUT2D eigenvalue weighted by molar-refractivity contribution is -0.118. The molecule has 3 N–H and O–H groups in total. The quantitative estimate of drug-likeness (QED) is 0.473. The van der Waals surface area contributed by atoms with Crippen LogP contribution in [0.3, 0.4) is 0 Å². The number of hydrogen-bond donors (Lipinski definition) is 2. The second-order valence-corrected chi connectivity index (χ2v) is 9.31. The zero-order valence-corrected chi connectivity index (χ0v) is 20.0. The summed E-state index contributed by atoms with van der Waals surface area (Å²) in [5, 5.41) is 0. The van der Waals surface area contributed by atoms with Crippen molar-refractivity contribution >= 4 is 27.4 Å². The van der Waals surface area contributed by atoms with E-state index in [-0.39, 0.29) is 36.0 Å². The van der Waals surface area contributed by atoms with E-state index in [1.54, 1.807) is 13.8 Å². The Hall–Kier alpha value is -3.19. The molecule has 0 spiro atoms. The first-order valence-corrected chi connectivity index (χ1v) is 12.0. The van der Waals surface area contributed by atoms with Crippen molar-refractivity contribution in [2.24, 2.45) is 0 Å². The highest BCUT2D eigenvalue weighted by molar-refractivity contribution is 7.89. The lowest BCUT2D eigenvalue weighted by atomic mass is 10.3. The lowest BCUT2D eigenvalue weighted by Crippen LogP contribution is -2.41. The Morgan fingerprint density at radius 1 is 1.12 bits per heavy atom. The molecule has 2 rings (SSSR count). The number of aromatic nitrogens is 3. The molecule has 0 aliphatic carbocycles. The summed E-state index contributed by atoms with van der Waals surface area (Å²) in [6.45, 7) is 5.52. The van der Waals surface area contributed by atoms with E-state index in [9.17, 15) is 27.6 Å². The van der Waals surface area contributed by atoms with Crippen molar-refractivity contribution in [3.05, 3.63) is 49.5 Å². The Balaban J connectivity index is 2.43. The zero-order chi connectivity index (χ0) is 24.9. The third kappa shape index (κ3) is 5.42. The lowest BCUT2D eigenvalue weighted by Gasteiger charge is -2.21. The number of nitrogens with two attached hydrogens (primary N) is 1. The Bertz CT molecular complexity index is 1290. The molecule has 0 unspecified atom stereocenters. The van der Waals surface area contributed by atoms with Gasteiger partial charge in [-0.05, 0) is 12.5 Å². The van der Waals surface area contributed by atoms with Crippen LogP contribution in [0.5, 0.6) is 0 Å². The molecular formula is C20H30N6O6S. The Labute approximate surface area is 191 Å². The third-order valence-corrected chi connectivity index (χ3v) is 7.30. The van der Waals surface area contributed by atoms with E-state index in [0.717, 1.165) is 28.2 Å². The summed E-state index contributed by atoms with van der Waals surface area (Å²) in [4.78, 5) is 52.6. The third-order valence-electron chi connectivity index (χ3n) is 5.26. The van der Waals surface area contributed by atoms with Crippen molar-refractivity contribution in [2.75, 3.05) is 30.8 Å². The second kappa shape index (κ2) is 10.6. The number of pyridine rings is 1. The van der Waals surface area contributed by atoms with Crippen LogP contribution in [0.2, 0.25) is 0 Å². The van der Waals surface area contributed by atoms with E-state index in [4.69, 9.17) is 5.73 Å². The monoisotopic (exact) mass is 482 g/mol. The van der Waals surface area contributed by atoms with E-state index in [1.165, 1.54) is 22.0 Å². The SMILES string of the molecule is CCCCn1c(N)c(N(C)C(=O)Cn2cc(S(=O)(=O)N(CC)CC)ccc2=O)c(=O)[nH]c1=O. The largest absolute Gasteiger partial charge is 0.383 e. The molecule has 2 aromatic heterocycles. The summed E-state index contributed by atoms with van der Waals surface area (Å²) in [7, 11) is -2.55. The van der Waals surface area contributed by atoms with Crippen LogP contribution >= 0.6 is 0 Å². The van der Waals surface area contributed by atoms with Gasteiger partial charge in [-0.2, -0.15) is 4.31 Å². The predicted molar refractivity (Wildman–Crippen MR) is 125 cm³/mol. The number of sulfonamides is 1. The van der Waals surface area contributed by atoms with E-state index in [0.29, 0.717) is 6.42 Å². The van der Waals surface area contributed by atoms with Gasteiger partial charge >= 0.3 is 5.69 Å². The molecule has 0 aliphatic rings. The number of nitrogen functional groups attached to an aromatic ring is 1. The Morgan fingerprint density at radius 3 is 2.33 bits per heavy atom. The fraction of sp³-hybridized carbons (Fsp3) is 0.500. The number of hydrogen-bond acceptors (Lipinski definition) is 7. The minimum Gasteiger partial charge on any atom is -0.383 e. The molecule has 0 fully saturated rings. The van der Waals surface area contributed by atoms with Crippen LogP contribution in [0.1, 0.15) is 33.6 Å². The van der Waals surface area contributed by atoms with Gasteiger partial charge < -0.3 is 15.2 Å². The summed E-state index contributed by atoms with van der Waals surface area (Å²) in [6, 6.07) is 2.25. The topological polar surface area (TPSA) is 161 Å². The van der Waals surface area contributed by atoms with Crippen LogP contribution in [-0.2, 0) is 27.9 Å². The van der Waals surface area contributed by atoms with Crippen LogP contribution < -0.4 is 27.4 Å². The normalized spacial score (nSPS) is 11.7. The molecule has 1 amide bonds. The first kappa shape index (κ1) is 26.1. The molecule has 0 saturated carbocycles. The minimum atomic E-state index is -3.85. The van der Waals surface area contributed by atoms with Gasteiger partial charge in [-0.15, -0.1) is 0 Å². The van der Waals surface area contributed by atoms with Gasteiger partial charge in [-0.3, -0.25) is 23.9 Å². The number of nitrogens with zero attached hydrogens (tertiary/aromatic N) is 4. The van der Waals surface area contributed by atoms with E-state index >= 15 is 0 Å². The van der Waals surface area contributed by atoms with Gasteiger partial charge in [0, 0.05) is 38.9 Å². The number of likely N-dealkylation sites (N-methyl/N-ethyl adjacent to an activating group) is 1. The van der Waals surface area contributed by atoms with E-state index in [1.807, 2.05) is 6.92 Å². The number of carbonyl (C=O) groups excluding carboxylic acids is 1. The van der Waals surface area contributed by atoms with Crippen LogP contribution in [-0.4, -0.2) is 52.9 Å². The highest BCUT2D eigenvalue weighted by Gasteiger charge is 2.24. The molecule has 182 valence electrons. The average Bonchev–Trinajstić information content (AvgIpc) is 2.75. The zero-order valence-electron chi connectivity index (χ0n) is 19.2. The van der Waals surface area contributed by atoms with Gasteiger partial charge in [0.25, 0.3) is 11.1 Å². The van der Waals surface area contributed by atoms with E-state index in [2.05, 4.69) is 4.98 Å². The molecule has 0 radical (unpaired) electrons. The molecule has 33 heavy (non-hydrogen) atoms. The van der Waals surface area contributed by atoms with Gasteiger partial charge in [-0.25, -0.2) is 13.2 Å². The molecule has 0 saturated heterocycles. The summed E-state index contributed by atoms with van der Waals surface area (Å²) >= 11 is 0. The summed E-state index contributed by atoms with van der Waals surface area (Å²) < 4.78 is 28.9. The maximum Gasteiger partial charge on any atom is 0.330 e. The van der Waals surface area contributed by atoms with Gasteiger partial charge in [0.15, 0.2) is 5.69 Å². The maximum atomic E-state index is 12.9. The van der Waals surface area contributed by atoms with Crippen molar-refractivity contribution in [1.82, 2.24) is 18.4 Å². The molecule has 12 nitrogen and oxygen atoms in total. The fourth-order valence-electron chi connectivity index (χ4n) is 3.31. The highest BCUT2D eigenvalue weighted by atomic mass is 32.2. The smallest absolute Gasteiger partial charge is 0.330 e. The van der Waals surface area contributed by atoms with Crippen molar-refractivity contribution in [2.45, 2.75) is 51.6 Å². The fourth-order valence-corrected chi connectivity index (χ4v) is 4.79.